The molecule has 0 atom stereocenters. The highest BCUT2D eigenvalue weighted by atomic mass is 32.2. The molecule has 2 N–H and O–H groups in total. The summed E-state index contributed by atoms with van der Waals surface area (Å²) >= 11 is 0. The van der Waals surface area contributed by atoms with Crippen molar-refractivity contribution >= 4 is 27.3 Å². The van der Waals surface area contributed by atoms with Crippen molar-refractivity contribution < 1.29 is 27.1 Å². The summed E-state index contributed by atoms with van der Waals surface area (Å²) in [5.41, 5.74) is 0.674. The summed E-state index contributed by atoms with van der Waals surface area (Å²) in [7, 11) is -3.95. The third kappa shape index (κ3) is 4.14. The normalized spacial score (nSPS) is 12.4. The molecule has 9 heteroatoms. The lowest BCUT2D eigenvalue weighted by Gasteiger charge is -2.10. The molecule has 0 saturated heterocycles. The van der Waals surface area contributed by atoms with Crippen LogP contribution in [0.3, 0.4) is 0 Å². The molecule has 0 saturated carbocycles. The molecule has 3 aromatic rings. The maximum atomic E-state index is 13.3. The molecule has 0 bridgehead atoms. The van der Waals surface area contributed by atoms with Gasteiger partial charge in [-0.3, -0.25) is 9.52 Å². The van der Waals surface area contributed by atoms with Crippen molar-refractivity contribution in [2.45, 2.75) is 4.90 Å². The zero-order chi connectivity index (χ0) is 20.4. The highest BCUT2D eigenvalue weighted by molar-refractivity contribution is 7.92. The number of nitrogens with one attached hydrogen (secondary N) is 2. The topological polar surface area (TPSA) is 93.7 Å². The molecule has 7 nitrogen and oxygen atoms in total. The van der Waals surface area contributed by atoms with Crippen LogP contribution < -0.4 is 19.5 Å². The average molecular weight is 414 g/mol. The molecule has 3 aromatic carbocycles. The van der Waals surface area contributed by atoms with E-state index in [9.17, 15) is 17.6 Å². The van der Waals surface area contributed by atoms with E-state index in [-0.39, 0.29) is 22.9 Å². The summed E-state index contributed by atoms with van der Waals surface area (Å²) in [5, 5.41) is 2.53. The number of sulfonamides is 1. The molecule has 0 fully saturated rings. The van der Waals surface area contributed by atoms with Gasteiger partial charge in [0.25, 0.3) is 15.9 Å². The van der Waals surface area contributed by atoms with Crippen LogP contribution in [0.25, 0.3) is 0 Å². The van der Waals surface area contributed by atoms with Gasteiger partial charge in [0.1, 0.15) is 5.82 Å². The number of anilines is 2. The second-order valence-corrected chi connectivity index (χ2v) is 7.85. The van der Waals surface area contributed by atoms with Crippen LogP contribution in [0, 0.1) is 5.82 Å². The van der Waals surface area contributed by atoms with E-state index in [4.69, 9.17) is 9.47 Å². The first-order chi connectivity index (χ1) is 13.9. The van der Waals surface area contributed by atoms with E-state index in [1.165, 1.54) is 54.6 Å². The molecular formula is C20H15FN2O5S. The molecule has 1 aliphatic rings. The third-order valence-corrected chi connectivity index (χ3v) is 5.49. The average Bonchev–Trinajstić information content (AvgIpc) is 3.15. The summed E-state index contributed by atoms with van der Waals surface area (Å²) in [6.07, 6.45) is 0. The van der Waals surface area contributed by atoms with Crippen LogP contribution in [0.2, 0.25) is 0 Å². The SMILES string of the molecule is O=C(Nc1cccc(F)c1)c1cccc(S(=O)(=O)Nc2ccc3c(c2)OCO3)c1. The Bertz CT molecular complexity index is 1200. The number of fused-ring (bicyclic) bond motifs is 1. The maximum Gasteiger partial charge on any atom is 0.261 e. The molecule has 4 rings (SSSR count). The minimum Gasteiger partial charge on any atom is -0.454 e. The Morgan fingerprint density at radius 2 is 1.69 bits per heavy atom. The molecule has 0 spiro atoms. The predicted molar refractivity (Wildman–Crippen MR) is 104 cm³/mol. The Morgan fingerprint density at radius 3 is 2.52 bits per heavy atom. The summed E-state index contributed by atoms with van der Waals surface area (Å²) in [6, 6.07) is 15.6. The standard InChI is InChI=1S/C20H15FN2O5S/c21-14-4-2-5-15(10-14)22-20(24)13-3-1-6-17(9-13)29(25,26)23-16-7-8-18-19(11-16)28-12-27-18/h1-11,23H,12H2,(H,22,24). The first-order valence-electron chi connectivity index (χ1n) is 8.50. The summed E-state index contributed by atoms with van der Waals surface area (Å²) in [4.78, 5) is 12.3. The van der Waals surface area contributed by atoms with Crippen LogP contribution in [-0.2, 0) is 10.0 Å². The largest absolute Gasteiger partial charge is 0.454 e. The van der Waals surface area contributed by atoms with E-state index in [2.05, 4.69) is 10.0 Å². The minimum atomic E-state index is -3.95. The molecule has 1 heterocycles. The van der Waals surface area contributed by atoms with E-state index < -0.39 is 21.7 Å². The fourth-order valence-corrected chi connectivity index (χ4v) is 3.84. The van der Waals surface area contributed by atoms with Gasteiger partial charge >= 0.3 is 0 Å². The van der Waals surface area contributed by atoms with Crippen LogP contribution in [0.15, 0.2) is 71.6 Å². The van der Waals surface area contributed by atoms with Crippen molar-refractivity contribution in [3.05, 3.63) is 78.1 Å². The van der Waals surface area contributed by atoms with Crippen molar-refractivity contribution in [2.75, 3.05) is 16.8 Å². The van der Waals surface area contributed by atoms with Crippen molar-refractivity contribution in [3.63, 3.8) is 0 Å². The van der Waals surface area contributed by atoms with Crippen LogP contribution in [0.1, 0.15) is 10.4 Å². The van der Waals surface area contributed by atoms with Gasteiger partial charge in [-0.05, 0) is 48.5 Å². The Balaban J connectivity index is 1.54. The molecule has 1 amide bonds. The van der Waals surface area contributed by atoms with Gasteiger partial charge < -0.3 is 14.8 Å². The van der Waals surface area contributed by atoms with Gasteiger partial charge in [0.05, 0.1) is 10.6 Å². The molecule has 1 aliphatic heterocycles. The number of carbonyl (C=O) groups is 1. The zero-order valence-corrected chi connectivity index (χ0v) is 15.7. The van der Waals surface area contributed by atoms with E-state index >= 15 is 0 Å². The molecular weight excluding hydrogens is 399 g/mol. The summed E-state index contributed by atoms with van der Waals surface area (Å²) in [6.45, 7) is 0.0774. The van der Waals surface area contributed by atoms with Gasteiger partial charge in [0, 0.05) is 17.3 Å². The molecule has 0 unspecified atom stereocenters. The molecule has 0 radical (unpaired) electrons. The van der Waals surface area contributed by atoms with Crippen LogP contribution in [0.5, 0.6) is 11.5 Å². The van der Waals surface area contributed by atoms with Crippen LogP contribution in [0.4, 0.5) is 15.8 Å². The van der Waals surface area contributed by atoms with Gasteiger partial charge in [0.2, 0.25) is 6.79 Å². The van der Waals surface area contributed by atoms with Crippen molar-refractivity contribution in [3.8, 4) is 11.5 Å². The maximum absolute atomic E-state index is 13.3. The van der Waals surface area contributed by atoms with Gasteiger partial charge in [-0.15, -0.1) is 0 Å². The molecule has 29 heavy (non-hydrogen) atoms. The predicted octanol–water partition coefficient (Wildman–Crippen LogP) is 3.61. The smallest absolute Gasteiger partial charge is 0.261 e. The molecule has 0 aromatic heterocycles. The number of hydrogen-bond acceptors (Lipinski definition) is 5. The first-order valence-corrected chi connectivity index (χ1v) is 9.98. The lowest BCUT2D eigenvalue weighted by molar-refractivity contribution is 0.102. The lowest BCUT2D eigenvalue weighted by Crippen LogP contribution is -2.16. The Hall–Kier alpha value is -3.59. The fraction of sp³-hybridized carbons (Fsp3) is 0.0500. The lowest BCUT2D eigenvalue weighted by atomic mass is 10.2. The Morgan fingerprint density at radius 1 is 0.897 bits per heavy atom. The number of ether oxygens (including phenoxy) is 2. The zero-order valence-electron chi connectivity index (χ0n) is 14.9. The van der Waals surface area contributed by atoms with Gasteiger partial charge in [-0.2, -0.15) is 0 Å². The summed E-state index contributed by atoms with van der Waals surface area (Å²) in [5.74, 6) is -0.0832. The second-order valence-electron chi connectivity index (χ2n) is 6.17. The molecule has 148 valence electrons. The highest BCUT2D eigenvalue weighted by Crippen LogP contribution is 2.34. The number of amides is 1. The quantitative estimate of drug-likeness (QED) is 0.665. The minimum absolute atomic E-state index is 0.0774. The number of benzene rings is 3. The van der Waals surface area contributed by atoms with Gasteiger partial charge in [-0.1, -0.05) is 12.1 Å². The van der Waals surface area contributed by atoms with Crippen molar-refractivity contribution in [1.29, 1.82) is 0 Å². The van der Waals surface area contributed by atoms with E-state index in [1.807, 2.05) is 0 Å². The number of rotatable bonds is 5. The number of hydrogen-bond donors (Lipinski definition) is 2. The van der Waals surface area contributed by atoms with Gasteiger partial charge in [-0.25, -0.2) is 12.8 Å². The van der Waals surface area contributed by atoms with Crippen LogP contribution >= 0.6 is 0 Å². The fourth-order valence-electron chi connectivity index (χ4n) is 2.75. The Labute approximate surface area is 166 Å². The van der Waals surface area contributed by atoms with E-state index in [1.54, 1.807) is 12.1 Å². The first kappa shape index (κ1) is 18.8. The van der Waals surface area contributed by atoms with Crippen molar-refractivity contribution in [1.82, 2.24) is 0 Å². The summed E-state index contributed by atoms with van der Waals surface area (Å²) < 4.78 is 51.6. The van der Waals surface area contributed by atoms with Crippen molar-refractivity contribution in [2.24, 2.45) is 0 Å². The third-order valence-electron chi connectivity index (χ3n) is 4.11. The van der Waals surface area contributed by atoms with Crippen LogP contribution in [-0.4, -0.2) is 21.1 Å². The number of halogens is 1. The van der Waals surface area contributed by atoms with E-state index in [0.29, 0.717) is 17.2 Å². The Kier molecular flexibility index (Phi) is 4.81. The molecule has 0 aliphatic carbocycles. The van der Waals surface area contributed by atoms with Gasteiger partial charge in [0.15, 0.2) is 11.5 Å². The van der Waals surface area contributed by atoms with E-state index in [0.717, 1.165) is 0 Å². The number of carbonyl (C=O) groups excluding carboxylic acids is 1. The highest BCUT2D eigenvalue weighted by Gasteiger charge is 2.19. The monoisotopic (exact) mass is 414 g/mol. The second kappa shape index (κ2) is 7.44.